The lowest BCUT2D eigenvalue weighted by Crippen LogP contribution is -2.49. The van der Waals surface area contributed by atoms with E-state index in [1.807, 2.05) is 11.9 Å². The van der Waals surface area contributed by atoms with E-state index in [4.69, 9.17) is 9.47 Å². The zero-order valence-electron chi connectivity index (χ0n) is 28.3. The van der Waals surface area contributed by atoms with Gasteiger partial charge in [0.2, 0.25) is 11.8 Å². The number of aliphatic carboxylic acids is 3. The Bertz CT molecular complexity index is 972. The van der Waals surface area contributed by atoms with Crippen molar-refractivity contribution < 1.29 is 53.6 Å². The van der Waals surface area contributed by atoms with Crippen LogP contribution in [0.15, 0.2) is 0 Å². The number of ether oxygens (including phenoxy) is 2. The summed E-state index contributed by atoms with van der Waals surface area (Å²) in [6.07, 6.45) is 1.54. The van der Waals surface area contributed by atoms with E-state index in [1.165, 1.54) is 6.92 Å². The Hall–Kier alpha value is -3.26. The summed E-state index contributed by atoms with van der Waals surface area (Å²) < 4.78 is 10.6. The van der Waals surface area contributed by atoms with E-state index in [-0.39, 0.29) is 64.2 Å². The Morgan fingerprint density at radius 2 is 1.08 bits per heavy atom. The molecule has 18 nitrogen and oxygen atoms in total. The van der Waals surface area contributed by atoms with Gasteiger partial charge in [0.1, 0.15) is 6.61 Å². The van der Waals surface area contributed by atoms with Gasteiger partial charge in [-0.2, -0.15) is 0 Å². The average molecular weight is 690 g/mol. The summed E-state index contributed by atoms with van der Waals surface area (Å²) in [4.78, 5) is 78.2. The Morgan fingerprint density at radius 3 is 1.52 bits per heavy atom. The van der Waals surface area contributed by atoms with Gasteiger partial charge in [0, 0.05) is 65.4 Å². The maximum atomic E-state index is 12.8. The minimum absolute atomic E-state index is 0.0135. The lowest BCUT2D eigenvalue weighted by Gasteiger charge is -2.32. The van der Waals surface area contributed by atoms with Crippen molar-refractivity contribution in [3.63, 3.8) is 0 Å². The van der Waals surface area contributed by atoms with Crippen LogP contribution in [0.25, 0.3) is 0 Å². The molecular formula is C30H55N7O11. The SMILES string of the molecule is CNCCOCCOCC(=O)N[C@@H](CCCCNC(=O)CN1CCN(CC(=O)O)CCN(CC(=O)O)CCN(CC(=O)O)CC1)C(C)=O. The number of carbonyl (C=O) groups excluding carboxylic acids is 3. The summed E-state index contributed by atoms with van der Waals surface area (Å²) in [6.45, 7) is 5.17. The molecule has 1 atom stereocenters. The number of rotatable bonds is 23. The molecule has 48 heavy (non-hydrogen) atoms. The number of carboxylic acid groups (broad SMARTS) is 3. The van der Waals surface area contributed by atoms with Crippen LogP contribution in [0, 0.1) is 0 Å². The van der Waals surface area contributed by atoms with Gasteiger partial charge in [-0.15, -0.1) is 0 Å². The summed E-state index contributed by atoms with van der Waals surface area (Å²) in [6, 6.07) is -0.662. The van der Waals surface area contributed by atoms with E-state index in [0.29, 0.717) is 84.8 Å². The van der Waals surface area contributed by atoms with Gasteiger partial charge in [0.25, 0.3) is 0 Å². The fourth-order valence-corrected chi connectivity index (χ4v) is 4.92. The second-order valence-corrected chi connectivity index (χ2v) is 11.6. The number of carbonyl (C=O) groups is 6. The molecule has 1 saturated heterocycles. The third-order valence-electron chi connectivity index (χ3n) is 7.54. The third kappa shape index (κ3) is 22.3. The lowest BCUT2D eigenvalue weighted by atomic mass is 10.1. The predicted octanol–water partition coefficient (Wildman–Crippen LogP) is -2.93. The predicted molar refractivity (Wildman–Crippen MR) is 174 cm³/mol. The average Bonchev–Trinajstić information content (AvgIpc) is 3.00. The highest BCUT2D eigenvalue weighted by Crippen LogP contribution is 2.04. The zero-order valence-corrected chi connectivity index (χ0v) is 28.3. The zero-order chi connectivity index (χ0) is 35.7. The fraction of sp³-hybridized carbons (Fsp3) is 0.800. The van der Waals surface area contributed by atoms with Gasteiger partial charge >= 0.3 is 17.9 Å². The molecule has 0 bridgehead atoms. The molecule has 18 heteroatoms. The van der Waals surface area contributed by atoms with E-state index >= 15 is 0 Å². The fourth-order valence-electron chi connectivity index (χ4n) is 4.92. The smallest absolute Gasteiger partial charge is 0.317 e. The number of nitrogens with one attached hydrogen (secondary N) is 3. The Kier molecular flexibility index (Phi) is 22.9. The van der Waals surface area contributed by atoms with Gasteiger partial charge in [0.05, 0.1) is 52.0 Å². The molecule has 0 saturated carbocycles. The topological polar surface area (TPSA) is 231 Å². The number of unbranched alkanes of at least 4 members (excludes halogenated alkanes) is 1. The second-order valence-electron chi connectivity index (χ2n) is 11.6. The molecule has 0 radical (unpaired) electrons. The normalized spacial score (nSPS) is 16.7. The number of hydrogen-bond donors (Lipinski definition) is 6. The van der Waals surface area contributed by atoms with Crippen molar-refractivity contribution in [2.24, 2.45) is 0 Å². The summed E-state index contributed by atoms with van der Waals surface area (Å²) in [5.41, 5.74) is 0. The van der Waals surface area contributed by atoms with E-state index < -0.39 is 29.9 Å². The second kappa shape index (κ2) is 25.7. The van der Waals surface area contributed by atoms with Crippen LogP contribution in [0.4, 0.5) is 0 Å². The molecule has 1 heterocycles. The molecule has 0 aromatic heterocycles. The first-order chi connectivity index (χ1) is 22.9. The van der Waals surface area contributed by atoms with Crippen LogP contribution in [0.1, 0.15) is 26.2 Å². The summed E-state index contributed by atoms with van der Waals surface area (Å²) >= 11 is 0. The molecule has 2 amide bonds. The van der Waals surface area contributed by atoms with E-state index in [2.05, 4.69) is 16.0 Å². The van der Waals surface area contributed by atoms with Gasteiger partial charge in [-0.05, 0) is 33.2 Å². The maximum absolute atomic E-state index is 12.8. The van der Waals surface area contributed by atoms with E-state index in [0.717, 1.165) is 0 Å². The van der Waals surface area contributed by atoms with Crippen molar-refractivity contribution in [1.82, 2.24) is 35.6 Å². The van der Waals surface area contributed by atoms with Crippen LogP contribution in [-0.4, -0.2) is 202 Å². The minimum Gasteiger partial charge on any atom is -0.480 e. The van der Waals surface area contributed by atoms with Gasteiger partial charge in [-0.1, -0.05) is 0 Å². The summed E-state index contributed by atoms with van der Waals surface area (Å²) in [7, 11) is 1.82. The summed E-state index contributed by atoms with van der Waals surface area (Å²) in [5.74, 6) is -3.91. The number of likely N-dealkylation sites (N-methyl/N-ethyl adjacent to an activating group) is 1. The number of carboxylic acids is 3. The van der Waals surface area contributed by atoms with Crippen molar-refractivity contribution >= 4 is 35.5 Å². The number of ketones is 1. The molecule has 1 aliphatic rings. The van der Waals surface area contributed by atoms with Gasteiger partial charge in [0.15, 0.2) is 5.78 Å². The molecule has 0 aliphatic carbocycles. The van der Waals surface area contributed by atoms with E-state index in [1.54, 1.807) is 14.7 Å². The van der Waals surface area contributed by atoms with Crippen molar-refractivity contribution in [2.75, 3.05) is 125 Å². The van der Waals surface area contributed by atoms with Gasteiger partial charge < -0.3 is 40.7 Å². The van der Waals surface area contributed by atoms with Crippen molar-refractivity contribution in [2.45, 2.75) is 32.2 Å². The quantitative estimate of drug-likeness (QED) is 0.0590. The van der Waals surface area contributed by atoms with Crippen molar-refractivity contribution in [1.29, 1.82) is 0 Å². The van der Waals surface area contributed by atoms with Gasteiger partial charge in [-0.25, -0.2) is 0 Å². The first-order valence-corrected chi connectivity index (χ1v) is 16.3. The lowest BCUT2D eigenvalue weighted by molar-refractivity contribution is -0.140. The summed E-state index contributed by atoms with van der Waals surface area (Å²) in [5, 5.41) is 36.5. The Labute approximate surface area is 282 Å². The number of nitrogens with zero attached hydrogens (tertiary/aromatic N) is 4. The van der Waals surface area contributed by atoms with Gasteiger partial charge in [-0.3, -0.25) is 48.4 Å². The molecule has 1 aliphatic heterocycles. The standard InChI is InChI=1S/C30H55N7O11/c1-24(38)25(33-27(40)23-48-18-17-47-16-7-31-2)5-3-4-6-32-26(39)19-34-8-10-35(20-28(41)42)12-14-37(22-30(45)46)15-13-36(11-9-34)21-29(43)44/h25,31H,3-23H2,1-2H3,(H,32,39)(H,33,40)(H,41,42)(H,43,44)(H,45,46)/t25-/m0/s1. The molecule has 6 N–H and O–H groups in total. The Morgan fingerprint density at radius 1 is 0.625 bits per heavy atom. The van der Waals surface area contributed by atoms with Crippen molar-refractivity contribution in [3.05, 3.63) is 0 Å². The molecule has 0 unspecified atom stereocenters. The highest BCUT2D eigenvalue weighted by atomic mass is 16.5. The molecule has 276 valence electrons. The molecular weight excluding hydrogens is 634 g/mol. The highest BCUT2D eigenvalue weighted by molar-refractivity contribution is 5.87. The largest absolute Gasteiger partial charge is 0.480 e. The monoisotopic (exact) mass is 689 g/mol. The van der Waals surface area contributed by atoms with Crippen LogP contribution >= 0.6 is 0 Å². The van der Waals surface area contributed by atoms with Crippen LogP contribution in [0.5, 0.6) is 0 Å². The number of amides is 2. The highest BCUT2D eigenvalue weighted by Gasteiger charge is 2.21. The maximum Gasteiger partial charge on any atom is 0.317 e. The van der Waals surface area contributed by atoms with E-state index in [9.17, 15) is 44.1 Å². The first-order valence-electron chi connectivity index (χ1n) is 16.3. The third-order valence-corrected chi connectivity index (χ3v) is 7.54. The molecule has 0 aromatic rings. The molecule has 1 rings (SSSR count). The number of hydrogen-bond acceptors (Lipinski definition) is 13. The molecule has 0 aromatic carbocycles. The number of Topliss-reactive ketones (excluding diaryl/α,β-unsaturated/α-hetero) is 1. The van der Waals surface area contributed by atoms with Crippen LogP contribution in [-0.2, 0) is 38.2 Å². The van der Waals surface area contributed by atoms with Crippen LogP contribution in [0.3, 0.4) is 0 Å². The van der Waals surface area contributed by atoms with Crippen molar-refractivity contribution in [3.8, 4) is 0 Å². The Balaban J connectivity index is 2.59. The van der Waals surface area contributed by atoms with Crippen LogP contribution in [0.2, 0.25) is 0 Å². The minimum atomic E-state index is -1.03. The first kappa shape index (κ1) is 42.8. The molecule has 0 spiro atoms. The van der Waals surface area contributed by atoms with Crippen LogP contribution < -0.4 is 16.0 Å². The molecule has 1 fully saturated rings.